The van der Waals surface area contributed by atoms with Crippen LogP contribution in [0.3, 0.4) is 0 Å². The van der Waals surface area contributed by atoms with E-state index in [-0.39, 0.29) is 0 Å². The van der Waals surface area contributed by atoms with Crippen LogP contribution in [0.1, 0.15) is 44.3 Å². The van der Waals surface area contributed by atoms with Crippen molar-refractivity contribution in [3.8, 4) is 5.75 Å². The first-order valence-electron chi connectivity index (χ1n) is 5.81. The Morgan fingerprint density at radius 1 is 1.38 bits per heavy atom. The van der Waals surface area contributed by atoms with E-state index in [9.17, 15) is 5.11 Å². The molecular weight excluding hydrogens is 224 g/mol. The molecule has 88 valence electrons. The van der Waals surface area contributed by atoms with Crippen LogP contribution >= 0.6 is 11.6 Å². The first kappa shape index (κ1) is 11.7. The van der Waals surface area contributed by atoms with Gasteiger partial charge >= 0.3 is 0 Å². The normalized spacial score (nSPS) is 18.7. The van der Waals surface area contributed by atoms with E-state index in [1.807, 2.05) is 12.1 Å². The largest absolute Gasteiger partial charge is 0.489 e. The number of rotatable bonds is 3. The summed E-state index contributed by atoms with van der Waals surface area (Å²) in [4.78, 5) is 0. The van der Waals surface area contributed by atoms with E-state index in [0.29, 0.717) is 11.1 Å². The van der Waals surface area contributed by atoms with Gasteiger partial charge in [0.15, 0.2) is 0 Å². The number of halogens is 1. The molecule has 0 spiro atoms. The zero-order chi connectivity index (χ0) is 11.5. The fourth-order valence-corrected chi connectivity index (χ4v) is 2.29. The van der Waals surface area contributed by atoms with Crippen LogP contribution in [0.15, 0.2) is 18.2 Å². The molecule has 0 aromatic heterocycles. The molecule has 0 aliphatic heterocycles. The Labute approximate surface area is 101 Å². The van der Waals surface area contributed by atoms with Crippen molar-refractivity contribution >= 4 is 11.6 Å². The first-order valence-corrected chi connectivity index (χ1v) is 6.19. The van der Waals surface area contributed by atoms with Crippen molar-refractivity contribution < 1.29 is 9.84 Å². The van der Waals surface area contributed by atoms with Crippen molar-refractivity contribution in [3.63, 3.8) is 0 Å². The quantitative estimate of drug-likeness (QED) is 0.873. The van der Waals surface area contributed by atoms with Gasteiger partial charge in [-0.05, 0) is 50.3 Å². The van der Waals surface area contributed by atoms with Gasteiger partial charge in [-0.25, -0.2) is 0 Å². The Hall–Kier alpha value is -0.730. The van der Waals surface area contributed by atoms with E-state index < -0.39 is 6.10 Å². The molecule has 16 heavy (non-hydrogen) atoms. The number of aliphatic hydroxyl groups excluding tert-OH is 1. The van der Waals surface area contributed by atoms with Gasteiger partial charge in [-0.2, -0.15) is 0 Å². The van der Waals surface area contributed by atoms with Gasteiger partial charge < -0.3 is 9.84 Å². The maximum Gasteiger partial charge on any atom is 0.138 e. The molecule has 1 atom stereocenters. The van der Waals surface area contributed by atoms with E-state index >= 15 is 0 Å². The predicted molar refractivity (Wildman–Crippen MR) is 65.0 cm³/mol. The average molecular weight is 241 g/mol. The molecule has 0 heterocycles. The van der Waals surface area contributed by atoms with Crippen LogP contribution in [0.5, 0.6) is 5.75 Å². The molecule has 1 fully saturated rings. The Kier molecular flexibility index (Phi) is 3.72. The second-order valence-electron chi connectivity index (χ2n) is 4.39. The van der Waals surface area contributed by atoms with Crippen LogP contribution < -0.4 is 4.74 Å². The van der Waals surface area contributed by atoms with Gasteiger partial charge in [-0.15, -0.1) is 0 Å². The third kappa shape index (κ3) is 2.69. The monoisotopic (exact) mass is 240 g/mol. The van der Waals surface area contributed by atoms with Gasteiger partial charge in [0.05, 0.1) is 17.2 Å². The van der Waals surface area contributed by atoms with Gasteiger partial charge in [-0.1, -0.05) is 17.7 Å². The molecule has 0 bridgehead atoms. The predicted octanol–water partition coefficient (Wildman–Crippen LogP) is 3.71. The second-order valence-corrected chi connectivity index (χ2v) is 4.80. The van der Waals surface area contributed by atoms with Gasteiger partial charge in [0, 0.05) is 0 Å². The van der Waals surface area contributed by atoms with Crippen LogP contribution in [-0.4, -0.2) is 11.2 Å². The van der Waals surface area contributed by atoms with Gasteiger partial charge in [0.1, 0.15) is 5.75 Å². The Morgan fingerprint density at radius 3 is 2.62 bits per heavy atom. The summed E-state index contributed by atoms with van der Waals surface area (Å²) in [5, 5.41) is 10.0. The highest BCUT2D eigenvalue weighted by molar-refractivity contribution is 6.32. The molecule has 3 heteroatoms. The third-order valence-electron chi connectivity index (χ3n) is 3.03. The first-order chi connectivity index (χ1) is 7.66. The van der Waals surface area contributed by atoms with Crippen molar-refractivity contribution in [2.75, 3.05) is 0 Å². The van der Waals surface area contributed by atoms with Crippen molar-refractivity contribution in [1.29, 1.82) is 0 Å². The Bertz CT molecular complexity index is 357. The van der Waals surface area contributed by atoms with Crippen LogP contribution in [0.4, 0.5) is 0 Å². The zero-order valence-corrected chi connectivity index (χ0v) is 10.2. The molecule has 1 aliphatic rings. The van der Waals surface area contributed by atoms with Crippen molar-refractivity contribution in [2.45, 2.75) is 44.8 Å². The molecular formula is C13H17ClO2. The number of hydrogen-bond acceptors (Lipinski definition) is 2. The van der Waals surface area contributed by atoms with Gasteiger partial charge in [-0.3, -0.25) is 0 Å². The zero-order valence-electron chi connectivity index (χ0n) is 9.45. The summed E-state index contributed by atoms with van der Waals surface area (Å²) < 4.78 is 5.83. The van der Waals surface area contributed by atoms with E-state index in [2.05, 4.69) is 0 Å². The summed E-state index contributed by atoms with van der Waals surface area (Å²) >= 11 is 6.12. The average Bonchev–Trinajstić information content (AvgIpc) is 2.73. The van der Waals surface area contributed by atoms with E-state index in [0.717, 1.165) is 24.2 Å². The molecule has 1 N–H and O–H groups in total. The SMILES string of the molecule is C[C@H](O)c1ccc(OC2CCCC2)c(Cl)c1. The summed E-state index contributed by atoms with van der Waals surface area (Å²) in [5.74, 6) is 0.734. The lowest BCUT2D eigenvalue weighted by Crippen LogP contribution is -2.11. The molecule has 1 aromatic carbocycles. The van der Waals surface area contributed by atoms with E-state index in [4.69, 9.17) is 16.3 Å². The highest BCUT2D eigenvalue weighted by atomic mass is 35.5. The maximum atomic E-state index is 9.42. The van der Waals surface area contributed by atoms with Crippen LogP contribution in [0.2, 0.25) is 5.02 Å². The summed E-state index contributed by atoms with van der Waals surface area (Å²) in [6.07, 6.45) is 4.55. The van der Waals surface area contributed by atoms with Gasteiger partial charge in [0.25, 0.3) is 0 Å². The highest BCUT2D eigenvalue weighted by Gasteiger charge is 2.17. The molecule has 2 nitrogen and oxygen atoms in total. The molecule has 0 radical (unpaired) electrons. The van der Waals surface area contributed by atoms with Gasteiger partial charge in [0.2, 0.25) is 0 Å². The number of ether oxygens (including phenoxy) is 1. The lowest BCUT2D eigenvalue weighted by Gasteiger charge is -2.15. The topological polar surface area (TPSA) is 29.5 Å². The van der Waals surface area contributed by atoms with Crippen molar-refractivity contribution in [3.05, 3.63) is 28.8 Å². The summed E-state index contributed by atoms with van der Waals surface area (Å²) in [7, 11) is 0. The minimum absolute atomic E-state index is 0.315. The van der Waals surface area contributed by atoms with Crippen molar-refractivity contribution in [1.82, 2.24) is 0 Å². The molecule has 0 amide bonds. The Balaban J connectivity index is 2.09. The molecule has 1 saturated carbocycles. The van der Waals surface area contributed by atoms with Crippen LogP contribution in [-0.2, 0) is 0 Å². The number of aliphatic hydroxyl groups is 1. The number of benzene rings is 1. The number of hydrogen-bond donors (Lipinski definition) is 1. The summed E-state index contributed by atoms with van der Waals surface area (Å²) in [6, 6.07) is 5.49. The smallest absolute Gasteiger partial charge is 0.138 e. The third-order valence-corrected chi connectivity index (χ3v) is 3.33. The lowest BCUT2D eigenvalue weighted by molar-refractivity contribution is 0.197. The minimum atomic E-state index is -0.488. The molecule has 1 aliphatic carbocycles. The van der Waals surface area contributed by atoms with Crippen molar-refractivity contribution in [2.24, 2.45) is 0 Å². The maximum absolute atomic E-state index is 9.42. The Morgan fingerprint density at radius 2 is 2.06 bits per heavy atom. The van der Waals surface area contributed by atoms with E-state index in [1.165, 1.54) is 12.8 Å². The fourth-order valence-electron chi connectivity index (χ4n) is 2.06. The molecule has 0 saturated heterocycles. The highest BCUT2D eigenvalue weighted by Crippen LogP contribution is 2.31. The molecule has 1 aromatic rings. The molecule has 0 unspecified atom stereocenters. The fraction of sp³-hybridized carbons (Fsp3) is 0.538. The molecule has 2 rings (SSSR count). The standard InChI is InChI=1S/C13H17ClO2/c1-9(15)10-6-7-13(12(14)8-10)16-11-4-2-3-5-11/h6-9,11,15H,2-5H2,1H3/t9-/m0/s1. The second kappa shape index (κ2) is 5.07. The summed E-state index contributed by atoms with van der Waals surface area (Å²) in [5.41, 5.74) is 0.823. The van der Waals surface area contributed by atoms with Crippen LogP contribution in [0.25, 0.3) is 0 Å². The minimum Gasteiger partial charge on any atom is -0.489 e. The van der Waals surface area contributed by atoms with Crippen LogP contribution in [0, 0.1) is 0 Å². The lowest BCUT2D eigenvalue weighted by atomic mass is 10.1. The van der Waals surface area contributed by atoms with E-state index in [1.54, 1.807) is 13.0 Å². The summed E-state index contributed by atoms with van der Waals surface area (Å²) in [6.45, 7) is 1.73.